The number of H-pyrrole nitrogens is 1. The molecule has 1 heterocycles. The van der Waals surface area contributed by atoms with Crippen LogP contribution < -0.4 is 10.9 Å². The normalized spacial score (nSPS) is 10.5. The first-order chi connectivity index (χ1) is 11.0. The maximum absolute atomic E-state index is 12.3. The Morgan fingerprint density at radius 3 is 2.78 bits per heavy atom. The van der Waals surface area contributed by atoms with Crippen LogP contribution in [0.15, 0.2) is 23.0 Å². The fourth-order valence-corrected chi connectivity index (χ4v) is 2.49. The molecule has 0 saturated heterocycles. The summed E-state index contributed by atoms with van der Waals surface area (Å²) in [6.07, 6.45) is 0.0967. The second kappa shape index (κ2) is 7.19. The summed E-state index contributed by atoms with van der Waals surface area (Å²) < 4.78 is 6.27. The van der Waals surface area contributed by atoms with Gasteiger partial charge >= 0.3 is 5.97 Å². The van der Waals surface area contributed by atoms with E-state index < -0.39 is 5.97 Å². The Morgan fingerprint density at radius 2 is 2.13 bits per heavy atom. The maximum Gasteiger partial charge on any atom is 0.307 e. The summed E-state index contributed by atoms with van der Waals surface area (Å²) in [6.45, 7) is 2.48. The average Bonchev–Trinajstić information content (AvgIpc) is 2.54. The fraction of sp³-hybridized carbons (Fsp3) is 0.333. The van der Waals surface area contributed by atoms with E-state index in [4.69, 9.17) is 12.2 Å². The molecule has 0 atom stereocenters. The summed E-state index contributed by atoms with van der Waals surface area (Å²) in [5, 5.41) is 3.08. The van der Waals surface area contributed by atoms with Gasteiger partial charge in [-0.05, 0) is 37.3 Å². The first-order valence-electron chi connectivity index (χ1n) is 7.09. The van der Waals surface area contributed by atoms with Crippen molar-refractivity contribution in [1.82, 2.24) is 14.9 Å². The molecule has 8 heteroatoms. The van der Waals surface area contributed by atoms with Crippen molar-refractivity contribution >= 4 is 35.0 Å². The summed E-state index contributed by atoms with van der Waals surface area (Å²) in [5.41, 5.74) is 0.691. The molecule has 1 aromatic heterocycles. The van der Waals surface area contributed by atoms with Crippen molar-refractivity contribution in [3.8, 4) is 0 Å². The number of hydrogen-bond donors (Lipinski definition) is 2. The highest BCUT2D eigenvalue weighted by Crippen LogP contribution is 2.11. The number of aromatic nitrogens is 2. The van der Waals surface area contributed by atoms with Crippen LogP contribution in [0.25, 0.3) is 10.9 Å². The summed E-state index contributed by atoms with van der Waals surface area (Å²) in [4.78, 5) is 38.3. The van der Waals surface area contributed by atoms with E-state index in [0.29, 0.717) is 27.8 Å². The number of fused-ring (bicyclic) bond motifs is 1. The van der Waals surface area contributed by atoms with Gasteiger partial charge in [-0.15, -0.1) is 0 Å². The number of esters is 1. The minimum Gasteiger partial charge on any atom is -0.469 e. The van der Waals surface area contributed by atoms with Gasteiger partial charge in [-0.2, -0.15) is 0 Å². The van der Waals surface area contributed by atoms with E-state index in [9.17, 15) is 14.4 Å². The van der Waals surface area contributed by atoms with Crippen LogP contribution in [0.2, 0.25) is 0 Å². The SMILES string of the molecule is CCn1c(=S)[nH]c2cc(C(=O)NCCC(=O)OC)ccc2c1=O. The molecule has 0 aliphatic carbocycles. The Bertz CT molecular complexity index is 869. The van der Waals surface area contributed by atoms with Crippen LogP contribution in [0.5, 0.6) is 0 Å². The summed E-state index contributed by atoms with van der Waals surface area (Å²) >= 11 is 5.14. The molecule has 23 heavy (non-hydrogen) atoms. The summed E-state index contributed by atoms with van der Waals surface area (Å²) in [7, 11) is 1.29. The third kappa shape index (κ3) is 3.65. The van der Waals surface area contributed by atoms with Gasteiger partial charge < -0.3 is 15.0 Å². The van der Waals surface area contributed by atoms with E-state index in [2.05, 4.69) is 15.0 Å². The monoisotopic (exact) mass is 335 g/mol. The third-order valence-electron chi connectivity index (χ3n) is 3.40. The molecular weight excluding hydrogens is 318 g/mol. The van der Waals surface area contributed by atoms with Gasteiger partial charge in [0.25, 0.3) is 11.5 Å². The first-order valence-corrected chi connectivity index (χ1v) is 7.50. The molecular formula is C15H17N3O4S. The molecule has 0 aliphatic heterocycles. The predicted molar refractivity (Wildman–Crippen MR) is 88.0 cm³/mol. The molecule has 0 bridgehead atoms. The Balaban J connectivity index is 2.27. The molecule has 0 spiro atoms. The van der Waals surface area contributed by atoms with Crippen molar-refractivity contribution in [3.63, 3.8) is 0 Å². The van der Waals surface area contributed by atoms with Crippen LogP contribution in [-0.4, -0.2) is 35.1 Å². The van der Waals surface area contributed by atoms with Crippen LogP contribution in [-0.2, 0) is 16.1 Å². The van der Waals surface area contributed by atoms with Gasteiger partial charge in [-0.3, -0.25) is 19.0 Å². The van der Waals surface area contributed by atoms with Crippen molar-refractivity contribution in [2.75, 3.05) is 13.7 Å². The van der Waals surface area contributed by atoms with E-state index in [1.807, 2.05) is 6.92 Å². The largest absolute Gasteiger partial charge is 0.469 e. The Morgan fingerprint density at radius 1 is 1.39 bits per heavy atom. The number of nitrogens with zero attached hydrogens (tertiary/aromatic N) is 1. The summed E-state index contributed by atoms with van der Waals surface area (Å²) in [6, 6.07) is 4.72. The van der Waals surface area contributed by atoms with Gasteiger partial charge in [0.15, 0.2) is 4.77 Å². The molecule has 2 aromatic rings. The molecule has 122 valence electrons. The molecule has 7 nitrogen and oxygen atoms in total. The minimum absolute atomic E-state index is 0.0967. The quantitative estimate of drug-likeness (QED) is 0.636. The van der Waals surface area contributed by atoms with Crippen LogP contribution >= 0.6 is 12.2 Å². The van der Waals surface area contributed by atoms with Crippen LogP contribution in [0, 0.1) is 4.77 Å². The highest BCUT2D eigenvalue weighted by atomic mass is 32.1. The van der Waals surface area contributed by atoms with E-state index in [1.54, 1.807) is 18.2 Å². The van der Waals surface area contributed by atoms with Gasteiger partial charge in [-0.25, -0.2) is 0 Å². The van der Waals surface area contributed by atoms with Gasteiger partial charge in [0.05, 0.1) is 24.4 Å². The molecule has 2 N–H and O–H groups in total. The number of carbonyl (C=O) groups is 2. The lowest BCUT2D eigenvalue weighted by Gasteiger charge is -2.08. The molecule has 0 fully saturated rings. The Hall–Kier alpha value is -2.48. The number of amides is 1. The van der Waals surface area contributed by atoms with Crippen LogP contribution in [0.4, 0.5) is 0 Å². The smallest absolute Gasteiger partial charge is 0.307 e. The summed E-state index contributed by atoms with van der Waals surface area (Å²) in [5.74, 6) is -0.734. The number of rotatable bonds is 5. The van der Waals surface area contributed by atoms with Crippen molar-refractivity contribution in [3.05, 3.63) is 38.9 Å². The number of nitrogens with one attached hydrogen (secondary N) is 2. The van der Waals surface area contributed by atoms with Gasteiger partial charge in [0.2, 0.25) is 0 Å². The second-order valence-electron chi connectivity index (χ2n) is 4.82. The lowest BCUT2D eigenvalue weighted by atomic mass is 10.1. The van der Waals surface area contributed by atoms with E-state index in [0.717, 1.165) is 0 Å². The second-order valence-corrected chi connectivity index (χ2v) is 5.21. The highest BCUT2D eigenvalue weighted by Gasteiger charge is 2.10. The molecule has 0 aliphatic rings. The topological polar surface area (TPSA) is 93.2 Å². The maximum atomic E-state index is 12.3. The van der Waals surface area contributed by atoms with Crippen molar-refractivity contribution in [2.45, 2.75) is 19.9 Å². The molecule has 2 rings (SSSR count). The standard InChI is InChI=1S/C15H17N3O4S/c1-3-18-14(21)10-5-4-9(8-11(10)17-15(18)23)13(20)16-7-6-12(19)22-2/h4-5,8H,3,6-7H2,1-2H3,(H,16,20)(H,17,23). The third-order valence-corrected chi connectivity index (χ3v) is 3.73. The zero-order valence-corrected chi connectivity index (χ0v) is 13.7. The van der Waals surface area contributed by atoms with Crippen LogP contribution in [0.3, 0.4) is 0 Å². The van der Waals surface area contributed by atoms with E-state index >= 15 is 0 Å². The molecule has 0 saturated carbocycles. The number of benzene rings is 1. The minimum atomic E-state index is -0.395. The molecule has 1 aromatic carbocycles. The number of aromatic amines is 1. The molecule has 1 amide bonds. The van der Waals surface area contributed by atoms with Gasteiger partial charge in [0, 0.05) is 18.7 Å². The lowest BCUT2D eigenvalue weighted by molar-refractivity contribution is -0.140. The van der Waals surface area contributed by atoms with Crippen molar-refractivity contribution in [2.24, 2.45) is 0 Å². The lowest BCUT2D eigenvalue weighted by Crippen LogP contribution is -2.26. The zero-order valence-electron chi connectivity index (χ0n) is 12.8. The van der Waals surface area contributed by atoms with E-state index in [-0.39, 0.29) is 24.4 Å². The first kappa shape index (κ1) is 16.9. The number of ether oxygens (including phenoxy) is 1. The molecule has 0 unspecified atom stereocenters. The zero-order chi connectivity index (χ0) is 17.0. The number of methoxy groups -OCH3 is 1. The van der Waals surface area contributed by atoms with E-state index in [1.165, 1.54) is 11.7 Å². The Labute approximate surface area is 137 Å². The molecule has 0 radical (unpaired) electrons. The van der Waals surface area contributed by atoms with Gasteiger partial charge in [-0.1, -0.05) is 0 Å². The fourth-order valence-electron chi connectivity index (χ4n) is 2.17. The Kier molecular flexibility index (Phi) is 5.28. The predicted octanol–water partition coefficient (Wildman–Crippen LogP) is 1.37. The van der Waals surface area contributed by atoms with Gasteiger partial charge in [0.1, 0.15) is 0 Å². The van der Waals surface area contributed by atoms with Crippen molar-refractivity contribution in [1.29, 1.82) is 0 Å². The highest BCUT2D eigenvalue weighted by molar-refractivity contribution is 7.71. The average molecular weight is 335 g/mol. The number of carbonyl (C=O) groups excluding carboxylic acids is 2. The van der Waals surface area contributed by atoms with Crippen molar-refractivity contribution < 1.29 is 14.3 Å². The number of hydrogen-bond acceptors (Lipinski definition) is 5. The van der Waals surface area contributed by atoms with Crippen LogP contribution in [0.1, 0.15) is 23.7 Å².